The summed E-state index contributed by atoms with van der Waals surface area (Å²) in [5.41, 5.74) is 0.424. The van der Waals surface area contributed by atoms with Crippen LogP contribution in [0.3, 0.4) is 0 Å². The number of nitrogens with zero attached hydrogens (tertiary/aromatic N) is 2. The first-order valence-corrected chi connectivity index (χ1v) is 7.09. The summed E-state index contributed by atoms with van der Waals surface area (Å²) < 4.78 is 9.52. The largest absolute Gasteiger partial charge is 0.508 e. The molecular weight excluding hydrogens is 316 g/mol. The maximum Gasteiger partial charge on any atom is 0.345 e. The number of benzene rings is 1. The Kier molecular flexibility index (Phi) is 7.28. The minimum absolute atomic E-state index is 0.0519. The van der Waals surface area contributed by atoms with Crippen molar-refractivity contribution in [2.24, 2.45) is 10.2 Å². The molecule has 0 radical (unpaired) electrons. The second-order valence-electron chi connectivity index (χ2n) is 4.70. The molecule has 1 aromatic rings. The summed E-state index contributed by atoms with van der Waals surface area (Å²) in [7, 11) is 0. The van der Waals surface area contributed by atoms with Gasteiger partial charge in [-0.05, 0) is 45.0 Å². The third-order valence-electron chi connectivity index (χ3n) is 2.70. The Bertz CT molecular complexity index is 664. The van der Waals surface area contributed by atoms with E-state index >= 15 is 0 Å². The molecule has 0 amide bonds. The van der Waals surface area contributed by atoms with Crippen molar-refractivity contribution >= 4 is 23.4 Å². The predicted molar refractivity (Wildman–Crippen MR) is 83.6 cm³/mol. The van der Waals surface area contributed by atoms with Gasteiger partial charge in [-0.3, -0.25) is 4.79 Å². The Balaban J connectivity index is 2.79. The number of azo groups is 1. The standard InChI is InChI=1S/C16H18N2O6/c1-4-23-15(21)10(2)9-24-16(22)14(11(3)19)18-17-12-5-7-13(20)8-6-12/h5-9,14,20H,4H2,1-3H3. The zero-order valence-corrected chi connectivity index (χ0v) is 13.6. The molecule has 0 spiro atoms. The molecule has 0 fully saturated rings. The van der Waals surface area contributed by atoms with Crippen LogP contribution in [-0.2, 0) is 23.9 Å². The van der Waals surface area contributed by atoms with E-state index in [0.29, 0.717) is 5.69 Å². The van der Waals surface area contributed by atoms with E-state index < -0.39 is 23.8 Å². The highest BCUT2D eigenvalue weighted by Gasteiger charge is 2.24. The molecule has 128 valence electrons. The van der Waals surface area contributed by atoms with Crippen LogP contribution in [0.2, 0.25) is 0 Å². The van der Waals surface area contributed by atoms with Crippen LogP contribution in [0.4, 0.5) is 5.69 Å². The zero-order chi connectivity index (χ0) is 18.1. The van der Waals surface area contributed by atoms with Crippen LogP contribution in [0.25, 0.3) is 0 Å². The van der Waals surface area contributed by atoms with Crippen molar-refractivity contribution in [2.75, 3.05) is 6.61 Å². The van der Waals surface area contributed by atoms with E-state index in [9.17, 15) is 19.5 Å². The fourth-order valence-electron chi connectivity index (χ4n) is 1.44. The average Bonchev–Trinajstić information content (AvgIpc) is 2.54. The summed E-state index contributed by atoms with van der Waals surface area (Å²) in [6, 6.07) is 4.25. The molecule has 0 aliphatic carbocycles. The van der Waals surface area contributed by atoms with Gasteiger partial charge in [-0.1, -0.05) is 0 Å². The van der Waals surface area contributed by atoms with E-state index in [-0.39, 0.29) is 17.9 Å². The summed E-state index contributed by atoms with van der Waals surface area (Å²) in [6.07, 6.45) is 0.909. The molecule has 24 heavy (non-hydrogen) atoms. The molecular formula is C16H18N2O6. The van der Waals surface area contributed by atoms with Gasteiger partial charge in [0.1, 0.15) is 12.0 Å². The van der Waals surface area contributed by atoms with Crippen LogP contribution in [-0.4, -0.2) is 35.5 Å². The van der Waals surface area contributed by atoms with E-state index in [1.807, 2.05) is 0 Å². The number of esters is 2. The third kappa shape index (κ3) is 5.99. The van der Waals surface area contributed by atoms with E-state index in [1.165, 1.54) is 38.1 Å². The Morgan fingerprint density at radius 2 is 1.83 bits per heavy atom. The van der Waals surface area contributed by atoms with Gasteiger partial charge in [0.2, 0.25) is 6.04 Å². The van der Waals surface area contributed by atoms with Gasteiger partial charge in [0.05, 0.1) is 17.9 Å². The lowest BCUT2D eigenvalue weighted by Gasteiger charge is -2.06. The van der Waals surface area contributed by atoms with E-state index in [4.69, 9.17) is 9.47 Å². The van der Waals surface area contributed by atoms with Gasteiger partial charge in [-0.25, -0.2) is 9.59 Å². The maximum atomic E-state index is 11.9. The van der Waals surface area contributed by atoms with E-state index in [0.717, 1.165) is 6.26 Å². The molecule has 0 aromatic heterocycles. The van der Waals surface area contributed by atoms with Gasteiger partial charge in [-0.15, -0.1) is 0 Å². The van der Waals surface area contributed by atoms with Crippen molar-refractivity contribution in [3.63, 3.8) is 0 Å². The SMILES string of the molecule is CCOC(=O)C(C)=COC(=O)C(N=Nc1ccc(O)cc1)C(C)=O. The molecule has 0 saturated heterocycles. The zero-order valence-electron chi connectivity index (χ0n) is 13.6. The van der Waals surface area contributed by atoms with Gasteiger partial charge >= 0.3 is 11.9 Å². The Morgan fingerprint density at radius 3 is 2.38 bits per heavy atom. The first-order chi connectivity index (χ1) is 11.3. The number of rotatable bonds is 7. The van der Waals surface area contributed by atoms with Crippen LogP contribution in [0, 0.1) is 0 Å². The average molecular weight is 334 g/mol. The molecule has 0 saturated carbocycles. The van der Waals surface area contributed by atoms with Crippen LogP contribution >= 0.6 is 0 Å². The lowest BCUT2D eigenvalue weighted by atomic mass is 10.2. The monoisotopic (exact) mass is 334 g/mol. The highest BCUT2D eigenvalue weighted by Crippen LogP contribution is 2.17. The van der Waals surface area contributed by atoms with Gasteiger partial charge in [0.15, 0.2) is 5.78 Å². The lowest BCUT2D eigenvalue weighted by molar-refractivity contribution is -0.142. The van der Waals surface area contributed by atoms with Gasteiger partial charge in [-0.2, -0.15) is 10.2 Å². The third-order valence-corrected chi connectivity index (χ3v) is 2.70. The second kappa shape index (κ2) is 9.19. The molecule has 1 atom stereocenters. The number of hydrogen-bond donors (Lipinski definition) is 1. The number of hydrogen-bond acceptors (Lipinski definition) is 8. The van der Waals surface area contributed by atoms with Crippen LogP contribution in [0.5, 0.6) is 5.75 Å². The molecule has 1 unspecified atom stereocenters. The summed E-state index contributed by atoms with van der Waals surface area (Å²) in [5, 5.41) is 16.6. The van der Waals surface area contributed by atoms with Crippen molar-refractivity contribution in [3.8, 4) is 5.75 Å². The molecule has 0 heterocycles. The number of ether oxygens (including phenoxy) is 2. The van der Waals surface area contributed by atoms with Crippen LogP contribution in [0.1, 0.15) is 20.8 Å². The van der Waals surface area contributed by atoms with Crippen molar-refractivity contribution in [3.05, 3.63) is 36.1 Å². The summed E-state index contributed by atoms with van der Waals surface area (Å²) in [6.45, 7) is 4.41. The molecule has 0 aliphatic rings. The Labute approximate surface area is 138 Å². The van der Waals surface area contributed by atoms with Gasteiger partial charge in [0.25, 0.3) is 0 Å². The first kappa shape index (κ1) is 19.0. The minimum atomic E-state index is -1.45. The highest BCUT2D eigenvalue weighted by molar-refractivity contribution is 6.02. The quantitative estimate of drug-likeness (QED) is 0.269. The summed E-state index contributed by atoms with van der Waals surface area (Å²) in [5.74, 6) is -2.11. The van der Waals surface area contributed by atoms with Crippen molar-refractivity contribution in [1.29, 1.82) is 0 Å². The summed E-state index contributed by atoms with van der Waals surface area (Å²) in [4.78, 5) is 34.8. The Morgan fingerprint density at radius 1 is 1.21 bits per heavy atom. The van der Waals surface area contributed by atoms with Gasteiger partial charge in [0, 0.05) is 0 Å². The molecule has 1 rings (SSSR count). The van der Waals surface area contributed by atoms with E-state index in [1.54, 1.807) is 6.92 Å². The molecule has 1 N–H and O–H groups in total. The number of ketones is 1. The molecule has 8 heteroatoms. The minimum Gasteiger partial charge on any atom is -0.508 e. The van der Waals surface area contributed by atoms with Crippen molar-refractivity contribution in [1.82, 2.24) is 0 Å². The summed E-state index contributed by atoms with van der Waals surface area (Å²) >= 11 is 0. The normalized spacial score (nSPS) is 12.7. The number of aromatic hydroxyl groups is 1. The second-order valence-corrected chi connectivity index (χ2v) is 4.70. The topological polar surface area (TPSA) is 115 Å². The van der Waals surface area contributed by atoms with Crippen LogP contribution < -0.4 is 0 Å². The predicted octanol–water partition coefficient (Wildman–Crippen LogP) is 2.44. The maximum absolute atomic E-state index is 11.9. The van der Waals surface area contributed by atoms with Crippen LogP contribution in [0.15, 0.2) is 46.3 Å². The molecule has 1 aromatic carbocycles. The molecule has 8 nitrogen and oxygen atoms in total. The fourth-order valence-corrected chi connectivity index (χ4v) is 1.44. The molecule has 0 aliphatic heterocycles. The highest BCUT2D eigenvalue weighted by atomic mass is 16.5. The fraction of sp³-hybridized carbons (Fsp3) is 0.312. The van der Waals surface area contributed by atoms with Crippen molar-refractivity contribution in [2.45, 2.75) is 26.8 Å². The number of carbonyl (C=O) groups excluding carboxylic acids is 3. The number of Topliss-reactive ketones (excluding diaryl/α,β-unsaturated/α-hetero) is 1. The first-order valence-electron chi connectivity index (χ1n) is 7.09. The Hall–Kier alpha value is -3.03. The number of phenols is 1. The lowest BCUT2D eigenvalue weighted by Crippen LogP contribution is -2.27. The number of phenolic OH excluding ortho intramolecular Hbond substituents is 1. The van der Waals surface area contributed by atoms with Gasteiger partial charge < -0.3 is 14.6 Å². The van der Waals surface area contributed by atoms with Crippen molar-refractivity contribution < 1.29 is 29.0 Å². The number of carbonyl (C=O) groups is 3. The smallest absolute Gasteiger partial charge is 0.345 e. The van der Waals surface area contributed by atoms with E-state index in [2.05, 4.69) is 10.2 Å². The molecule has 0 bridgehead atoms.